The van der Waals surface area contributed by atoms with E-state index in [0.29, 0.717) is 5.16 Å². The molecule has 0 aliphatic rings. The zero-order valence-corrected chi connectivity index (χ0v) is 17.2. The number of nitrogens with zero attached hydrogens (tertiary/aromatic N) is 5. The molecule has 2 amide bonds. The maximum atomic E-state index is 13.6. The number of nitro benzene ring substituents is 1. The minimum Gasteiger partial charge on any atom is -0.368 e. The van der Waals surface area contributed by atoms with Crippen molar-refractivity contribution in [3.05, 3.63) is 75.9 Å². The summed E-state index contributed by atoms with van der Waals surface area (Å²) in [6.45, 7) is 0. The normalized spacial score (nSPS) is 11.7. The maximum Gasteiger partial charge on any atom is 0.284 e. The third-order valence-corrected chi connectivity index (χ3v) is 5.53. The molecule has 0 bridgehead atoms. The Balaban J connectivity index is 1.94. The number of hydrogen-bond donors (Lipinski definition) is 1. The third kappa shape index (κ3) is 4.69. The number of halogens is 1. The average molecular weight is 444 g/mol. The van der Waals surface area contributed by atoms with E-state index < -0.39 is 28.6 Å². The van der Waals surface area contributed by atoms with Crippen LogP contribution in [0.1, 0.15) is 22.0 Å². The van der Waals surface area contributed by atoms with Crippen LogP contribution in [0.25, 0.3) is 0 Å². The van der Waals surface area contributed by atoms with E-state index in [9.17, 15) is 24.1 Å². The van der Waals surface area contributed by atoms with Crippen LogP contribution in [0.4, 0.5) is 10.1 Å². The van der Waals surface area contributed by atoms with Crippen LogP contribution in [-0.2, 0) is 11.8 Å². The summed E-state index contributed by atoms with van der Waals surface area (Å²) < 4.78 is 15.2. The predicted molar refractivity (Wildman–Crippen MR) is 109 cm³/mol. The van der Waals surface area contributed by atoms with Gasteiger partial charge in [0.2, 0.25) is 5.91 Å². The van der Waals surface area contributed by atoms with Crippen molar-refractivity contribution >= 4 is 29.3 Å². The van der Waals surface area contributed by atoms with E-state index in [1.807, 2.05) is 0 Å². The lowest BCUT2D eigenvalue weighted by molar-refractivity contribution is -0.387. The fourth-order valence-corrected chi connectivity index (χ4v) is 3.77. The van der Waals surface area contributed by atoms with Gasteiger partial charge in [-0.25, -0.2) is 4.39 Å². The van der Waals surface area contributed by atoms with Crippen molar-refractivity contribution < 1.29 is 18.9 Å². The lowest BCUT2D eigenvalue weighted by Crippen LogP contribution is -2.39. The van der Waals surface area contributed by atoms with Gasteiger partial charge >= 0.3 is 0 Å². The number of primary amides is 1. The van der Waals surface area contributed by atoms with E-state index in [2.05, 4.69) is 10.2 Å². The molecule has 3 aromatic rings. The second kappa shape index (κ2) is 8.92. The molecule has 1 heterocycles. The summed E-state index contributed by atoms with van der Waals surface area (Å²) in [4.78, 5) is 37.2. The van der Waals surface area contributed by atoms with Crippen LogP contribution in [0, 0.1) is 15.9 Å². The first-order valence-electron chi connectivity index (χ1n) is 8.81. The highest BCUT2D eigenvalue weighted by molar-refractivity contribution is 7.99. The van der Waals surface area contributed by atoms with Gasteiger partial charge in [-0.05, 0) is 41.6 Å². The molecule has 2 N–H and O–H groups in total. The predicted octanol–water partition coefficient (Wildman–Crippen LogP) is 2.31. The summed E-state index contributed by atoms with van der Waals surface area (Å²) in [5.74, 6) is -2.15. The van der Waals surface area contributed by atoms with Crippen LogP contribution in [0.5, 0.6) is 0 Å². The van der Waals surface area contributed by atoms with E-state index in [1.54, 1.807) is 11.6 Å². The van der Waals surface area contributed by atoms with Crippen molar-refractivity contribution in [2.75, 3.05) is 7.05 Å². The summed E-state index contributed by atoms with van der Waals surface area (Å²) in [6.07, 6.45) is 1.46. The number of carbonyl (C=O) groups excluding carboxylic acids is 2. The number of rotatable bonds is 7. The monoisotopic (exact) mass is 444 g/mol. The van der Waals surface area contributed by atoms with Gasteiger partial charge in [-0.15, -0.1) is 10.2 Å². The number of aromatic nitrogens is 3. The molecular formula is C19H17FN6O4S. The molecule has 0 saturated carbocycles. The number of carbonyl (C=O) groups is 2. The highest BCUT2D eigenvalue weighted by atomic mass is 32.2. The minimum absolute atomic E-state index is 0.0285. The Morgan fingerprint density at radius 1 is 1.29 bits per heavy atom. The lowest BCUT2D eigenvalue weighted by Gasteiger charge is -2.26. The van der Waals surface area contributed by atoms with Gasteiger partial charge in [-0.3, -0.25) is 19.7 Å². The molecule has 160 valence electrons. The Labute approximate surface area is 180 Å². The van der Waals surface area contributed by atoms with Crippen LogP contribution in [0.15, 0.2) is 58.8 Å². The van der Waals surface area contributed by atoms with Gasteiger partial charge in [0, 0.05) is 25.7 Å². The van der Waals surface area contributed by atoms with Gasteiger partial charge in [-0.1, -0.05) is 12.1 Å². The second-order valence-electron chi connectivity index (χ2n) is 6.54. The molecule has 10 nitrogen and oxygen atoms in total. The van der Waals surface area contributed by atoms with Crippen LogP contribution in [0.3, 0.4) is 0 Å². The van der Waals surface area contributed by atoms with Crippen molar-refractivity contribution in [3.63, 3.8) is 0 Å². The number of benzene rings is 2. The SMILES string of the molecule is CN(C(=O)c1ccc(Sc2nncn2C)c([N+](=O)[O-])c1)C(C(N)=O)c1cccc(F)c1. The standard InChI is InChI=1S/C19H17FN6O4S/c1-24-10-22-23-19(24)31-15-7-6-12(9-14(15)26(29)30)18(28)25(2)16(17(21)27)11-4-3-5-13(20)8-11/h3-10,16H,1-2H3,(H2,21,27). The van der Waals surface area contributed by atoms with Gasteiger partial charge in [0.1, 0.15) is 18.2 Å². The van der Waals surface area contributed by atoms with Crippen LogP contribution >= 0.6 is 11.8 Å². The molecule has 3 rings (SSSR count). The van der Waals surface area contributed by atoms with Crippen LogP contribution < -0.4 is 5.73 Å². The first-order chi connectivity index (χ1) is 14.7. The van der Waals surface area contributed by atoms with Crippen molar-refractivity contribution in [2.24, 2.45) is 12.8 Å². The zero-order valence-electron chi connectivity index (χ0n) is 16.4. The molecule has 0 aliphatic heterocycles. The Kier molecular flexibility index (Phi) is 6.30. The van der Waals surface area contributed by atoms with E-state index >= 15 is 0 Å². The van der Waals surface area contributed by atoms with Crippen LogP contribution in [0.2, 0.25) is 0 Å². The largest absolute Gasteiger partial charge is 0.368 e. The summed E-state index contributed by atoms with van der Waals surface area (Å²) in [7, 11) is 3.01. The van der Waals surface area contributed by atoms with Gasteiger partial charge in [-0.2, -0.15) is 0 Å². The second-order valence-corrected chi connectivity index (χ2v) is 7.55. The fourth-order valence-electron chi connectivity index (χ4n) is 2.92. The van der Waals surface area contributed by atoms with Crippen molar-refractivity contribution in [1.29, 1.82) is 0 Å². The first-order valence-corrected chi connectivity index (χ1v) is 9.63. The molecule has 1 unspecified atom stereocenters. The Hall–Kier alpha value is -3.80. The molecule has 1 aromatic heterocycles. The first kappa shape index (κ1) is 21.9. The summed E-state index contributed by atoms with van der Waals surface area (Å²) in [6, 6.07) is 7.82. The fraction of sp³-hybridized carbons (Fsp3) is 0.158. The topological polar surface area (TPSA) is 137 Å². The maximum absolute atomic E-state index is 13.6. The average Bonchev–Trinajstić information content (AvgIpc) is 3.12. The molecular weight excluding hydrogens is 427 g/mol. The van der Waals surface area contributed by atoms with Gasteiger partial charge in [0.25, 0.3) is 11.6 Å². The number of hydrogen-bond acceptors (Lipinski definition) is 7. The molecule has 12 heteroatoms. The molecule has 0 radical (unpaired) electrons. The smallest absolute Gasteiger partial charge is 0.284 e. The molecule has 0 aliphatic carbocycles. The number of nitro groups is 1. The van der Waals surface area contributed by atoms with E-state index in [0.717, 1.165) is 28.8 Å². The Bertz CT molecular complexity index is 1170. The Morgan fingerprint density at radius 2 is 2.03 bits per heavy atom. The quantitative estimate of drug-likeness (QED) is 0.436. The molecule has 0 spiro atoms. The highest BCUT2D eigenvalue weighted by Crippen LogP contribution is 2.34. The van der Waals surface area contributed by atoms with Crippen molar-refractivity contribution in [3.8, 4) is 0 Å². The van der Waals surface area contributed by atoms with Crippen LogP contribution in [-0.4, -0.2) is 43.4 Å². The molecule has 0 fully saturated rings. The summed E-state index contributed by atoms with van der Waals surface area (Å²) >= 11 is 1.02. The number of likely N-dealkylation sites (N-methyl/N-ethyl adjacent to an activating group) is 1. The summed E-state index contributed by atoms with van der Waals surface area (Å²) in [5, 5.41) is 19.6. The number of aryl methyl sites for hydroxylation is 1. The number of amides is 2. The molecule has 2 aromatic carbocycles. The minimum atomic E-state index is -1.25. The molecule has 1 atom stereocenters. The zero-order chi connectivity index (χ0) is 22.7. The van der Waals surface area contributed by atoms with Gasteiger partial charge in [0.05, 0.1) is 9.82 Å². The number of nitrogens with two attached hydrogens (primary N) is 1. The van der Waals surface area contributed by atoms with Crippen molar-refractivity contribution in [2.45, 2.75) is 16.1 Å². The Morgan fingerprint density at radius 3 is 2.61 bits per heavy atom. The third-order valence-electron chi connectivity index (χ3n) is 4.42. The lowest BCUT2D eigenvalue weighted by atomic mass is 10.0. The van der Waals surface area contributed by atoms with E-state index in [-0.39, 0.29) is 21.7 Å². The highest BCUT2D eigenvalue weighted by Gasteiger charge is 2.29. The summed E-state index contributed by atoms with van der Waals surface area (Å²) in [5.41, 5.74) is 5.29. The van der Waals surface area contributed by atoms with E-state index in [4.69, 9.17) is 5.73 Å². The van der Waals surface area contributed by atoms with Gasteiger partial charge < -0.3 is 15.2 Å². The molecule has 0 saturated heterocycles. The molecule has 31 heavy (non-hydrogen) atoms. The van der Waals surface area contributed by atoms with Gasteiger partial charge in [0.15, 0.2) is 5.16 Å². The van der Waals surface area contributed by atoms with Crippen molar-refractivity contribution in [1.82, 2.24) is 19.7 Å². The van der Waals surface area contributed by atoms with E-state index in [1.165, 1.54) is 43.7 Å².